The Morgan fingerprint density at radius 2 is 2.14 bits per heavy atom. The van der Waals surface area contributed by atoms with Gasteiger partial charge in [0.1, 0.15) is 0 Å². The molecule has 0 amide bonds. The molecule has 1 aliphatic heterocycles. The SMILES string of the molecule is CCNc1nnc(C2CCOCC2)o1. The number of rotatable bonds is 3. The highest BCUT2D eigenvalue weighted by Gasteiger charge is 2.21. The maximum atomic E-state index is 5.47. The van der Waals surface area contributed by atoms with Crippen molar-refractivity contribution in [1.82, 2.24) is 10.2 Å². The molecule has 1 fully saturated rings. The van der Waals surface area contributed by atoms with E-state index >= 15 is 0 Å². The third kappa shape index (κ3) is 2.04. The van der Waals surface area contributed by atoms with Gasteiger partial charge in [-0.25, -0.2) is 0 Å². The van der Waals surface area contributed by atoms with Gasteiger partial charge in [-0.15, -0.1) is 5.10 Å². The van der Waals surface area contributed by atoms with E-state index in [4.69, 9.17) is 9.15 Å². The lowest BCUT2D eigenvalue weighted by Crippen LogP contribution is -2.14. The lowest BCUT2D eigenvalue weighted by Gasteiger charge is -2.18. The van der Waals surface area contributed by atoms with Crippen molar-refractivity contribution >= 4 is 6.01 Å². The van der Waals surface area contributed by atoms with Gasteiger partial charge in [0.25, 0.3) is 0 Å². The van der Waals surface area contributed by atoms with Gasteiger partial charge in [0.2, 0.25) is 5.89 Å². The van der Waals surface area contributed by atoms with Crippen LogP contribution in [0.1, 0.15) is 31.6 Å². The Hall–Kier alpha value is -1.10. The Morgan fingerprint density at radius 3 is 2.86 bits per heavy atom. The van der Waals surface area contributed by atoms with Gasteiger partial charge < -0.3 is 14.5 Å². The summed E-state index contributed by atoms with van der Waals surface area (Å²) in [6, 6.07) is 0.522. The monoisotopic (exact) mass is 197 g/mol. The van der Waals surface area contributed by atoms with Crippen LogP contribution >= 0.6 is 0 Å². The molecule has 1 aromatic rings. The molecule has 5 nitrogen and oxygen atoms in total. The number of nitrogens with zero attached hydrogens (tertiary/aromatic N) is 2. The van der Waals surface area contributed by atoms with Crippen LogP contribution < -0.4 is 5.32 Å². The Bertz CT molecular complexity index is 281. The van der Waals surface area contributed by atoms with E-state index in [1.54, 1.807) is 0 Å². The average molecular weight is 197 g/mol. The van der Waals surface area contributed by atoms with E-state index in [0.717, 1.165) is 38.5 Å². The molecule has 0 radical (unpaired) electrons. The molecule has 1 saturated heterocycles. The Kier molecular flexibility index (Phi) is 2.98. The van der Waals surface area contributed by atoms with E-state index in [1.165, 1.54) is 0 Å². The maximum Gasteiger partial charge on any atom is 0.315 e. The quantitative estimate of drug-likeness (QED) is 0.793. The normalized spacial score (nSPS) is 18.4. The largest absolute Gasteiger partial charge is 0.408 e. The van der Waals surface area contributed by atoms with Gasteiger partial charge in [0.15, 0.2) is 0 Å². The molecule has 0 aromatic carbocycles. The zero-order valence-corrected chi connectivity index (χ0v) is 8.32. The number of anilines is 1. The molecule has 14 heavy (non-hydrogen) atoms. The lowest BCUT2D eigenvalue weighted by molar-refractivity contribution is 0.0796. The summed E-state index contributed by atoms with van der Waals surface area (Å²) < 4.78 is 10.7. The summed E-state index contributed by atoms with van der Waals surface area (Å²) in [4.78, 5) is 0. The lowest BCUT2D eigenvalue weighted by atomic mass is 10.0. The molecular formula is C9H15N3O2. The van der Waals surface area contributed by atoms with E-state index in [1.807, 2.05) is 6.92 Å². The zero-order valence-electron chi connectivity index (χ0n) is 8.32. The molecule has 78 valence electrons. The second-order valence-electron chi connectivity index (χ2n) is 3.36. The van der Waals surface area contributed by atoms with Crippen LogP contribution in [-0.2, 0) is 4.74 Å². The van der Waals surface area contributed by atoms with Crippen molar-refractivity contribution in [1.29, 1.82) is 0 Å². The van der Waals surface area contributed by atoms with E-state index in [-0.39, 0.29) is 0 Å². The van der Waals surface area contributed by atoms with Crippen molar-refractivity contribution in [2.45, 2.75) is 25.7 Å². The topological polar surface area (TPSA) is 60.2 Å². The fourth-order valence-electron chi connectivity index (χ4n) is 1.57. The second-order valence-corrected chi connectivity index (χ2v) is 3.36. The number of hydrogen-bond acceptors (Lipinski definition) is 5. The van der Waals surface area contributed by atoms with Crippen LogP contribution in [0, 0.1) is 0 Å². The molecular weight excluding hydrogens is 182 g/mol. The van der Waals surface area contributed by atoms with Crippen LogP contribution in [0.5, 0.6) is 0 Å². The maximum absolute atomic E-state index is 5.47. The molecule has 2 heterocycles. The van der Waals surface area contributed by atoms with Gasteiger partial charge in [-0.05, 0) is 19.8 Å². The molecule has 0 spiro atoms. The van der Waals surface area contributed by atoms with Gasteiger partial charge in [0.05, 0.1) is 0 Å². The van der Waals surface area contributed by atoms with Crippen molar-refractivity contribution in [3.8, 4) is 0 Å². The zero-order chi connectivity index (χ0) is 9.80. The molecule has 1 N–H and O–H groups in total. The number of aromatic nitrogens is 2. The van der Waals surface area contributed by atoms with Gasteiger partial charge in [-0.3, -0.25) is 0 Å². The first-order valence-electron chi connectivity index (χ1n) is 5.05. The summed E-state index contributed by atoms with van der Waals surface area (Å²) in [6.45, 7) is 4.39. The van der Waals surface area contributed by atoms with Gasteiger partial charge in [0, 0.05) is 25.7 Å². The molecule has 0 atom stereocenters. The third-order valence-corrected chi connectivity index (χ3v) is 2.34. The molecule has 0 aliphatic carbocycles. The van der Waals surface area contributed by atoms with Crippen molar-refractivity contribution in [3.05, 3.63) is 5.89 Å². The highest BCUT2D eigenvalue weighted by atomic mass is 16.5. The van der Waals surface area contributed by atoms with Crippen LogP contribution in [0.4, 0.5) is 6.01 Å². The van der Waals surface area contributed by atoms with Crippen LogP contribution in [0.15, 0.2) is 4.42 Å². The average Bonchev–Trinajstić information content (AvgIpc) is 2.68. The summed E-state index contributed by atoms with van der Waals surface area (Å²) in [6.07, 6.45) is 1.96. The minimum absolute atomic E-state index is 0.378. The molecule has 5 heteroatoms. The molecule has 1 aromatic heterocycles. The Morgan fingerprint density at radius 1 is 1.36 bits per heavy atom. The standard InChI is InChI=1S/C9H15N3O2/c1-2-10-9-12-11-8(14-9)7-3-5-13-6-4-7/h7H,2-6H2,1H3,(H,10,12). The van der Waals surface area contributed by atoms with E-state index in [9.17, 15) is 0 Å². The summed E-state index contributed by atoms with van der Waals surface area (Å²) in [5.41, 5.74) is 0. The summed E-state index contributed by atoms with van der Waals surface area (Å²) in [5, 5.41) is 10.9. The summed E-state index contributed by atoms with van der Waals surface area (Å²) in [5.74, 6) is 1.12. The number of ether oxygens (including phenoxy) is 1. The first kappa shape index (κ1) is 9.45. The third-order valence-electron chi connectivity index (χ3n) is 2.34. The van der Waals surface area contributed by atoms with Crippen molar-refractivity contribution in [2.75, 3.05) is 25.1 Å². The smallest absolute Gasteiger partial charge is 0.315 e. The molecule has 0 unspecified atom stereocenters. The summed E-state index contributed by atoms with van der Waals surface area (Å²) in [7, 11) is 0. The Balaban J connectivity index is 2.00. The second kappa shape index (κ2) is 4.41. The van der Waals surface area contributed by atoms with Crippen molar-refractivity contribution in [3.63, 3.8) is 0 Å². The van der Waals surface area contributed by atoms with Crippen molar-refractivity contribution in [2.24, 2.45) is 0 Å². The number of nitrogens with one attached hydrogen (secondary N) is 1. The fourth-order valence-corrected chi connectivity index (χ4v) is 1.57. The molecule has 1 aliphatic rings. The molecule has 0 saturated carbocycles. The van der Waals surface area contributed by atoms with Crippen LogP contribution in [0.25, 0.3) is 0 Å². The summed E-state index contributed by atoms with van der Waals surface area (Å²) >= 11 is 0. The minimum atomic E-state index is 0.378. The van der Waals surface area contributed by atoms with Crippen molar-refractivity contribution < 1.29 is 9.15 Å². The first-order chi connectivity index (χ1) is 6.90. The highest BCUT2D eigenvalue weighted by Crippen LogP contribution is 2.26. The van der Waals surface area contributed by atoms with E-state index in [0.29, 0.717) is 11.9 Å². The van der Waals surface area contributed by atoms with Gasteiger partial charge >= 0.3 is 6.01 Å². The fraction of sp³-hybridized carbons (Fsp3) is 0.778. The van der Waals surface area contributed by atoms with Gasteiger partial charge in [-0.1, -0.05) is 5.10 Å². The Labute approximate surface area is 82.8 Å². The minimum Gasteiger partial charge on any atom is -0.408 e. The predicted octanol–water partition coefficient (Wildman–Crippen LogP) is 1.40. The van der Waals surface area contributed by atoms with Crippen LogP contribution in [0.3, 0.4) is 0 Å². The highest BCUT2D eigenvalue weighted by molar-refractivity contribution is 5.16. The predicted molar refractivity (Wildman–Crippen MR) is 51.3 cm³/mol. The molecule has 2 rings (SSSR count). The molecule has 0 bridgehead atoms. The first-order valence-corrected chi connectivity index (χ1v) is 5.05. The van der Waals surface area contributed by atoms with E-state index in [2.05, 4.69) is 15.5 Å². The van der Waals surface area contributed by atoms with Crippen LogP contribution in [-0.4, -0.2) is 30.0 Å². The van der Waals surface area contributed by atoms with E-state index < -0.39 is 0 Å². The van der Waals surface area contributed by atoms with Crippen LogP contribution in [0.2, 0.25) is 0 Å². The van der Waals surface area contributed by atoms with Gasteiger partial charge in [-0.2, -0.15) is 0 Å². The number of hydrogen-bond donors (Lipinski definition) is 1.